The third-order valence-electron chi connectivity index (χ3n) is 4.80. The number of aryl methyl sites for hydroxylation is 1. The van der Waals surface area contributed by atoms with Crippen LogP contribution < -0.4 is 0 Å². The van der Waals surface area contributed by atoms with Gasteiger partial charge in [0.2, 0.25) is 0 Å². The zero-order valence-corrected chi connectivity index (χ0v) is 14.6. The van der Waals surface area contributed by atoms with E-state index in [-0.39, 0.29) is 5.92 Å². The van der Waals surface area contributed by atoms with E-state index in [1.54, 1.807) is 0 Å². The van der Waals surface area contributed by atoms with Crippen molar-refractivity contribution < 1.29 is 9.90 Å². The molecule has 0 amide bonds. The molecule has 0 saturated carbocycles. The first kappa shape index (κ1) is 17.4. The van der Waals surface area contributed by atoms with Crippen molar-refractivity contribution in [1.29, 1.82) is 0 Å². The molecule has 1 saturated heterocycles. The highest BCUT2D eigenvalue weighted by Crippen LogP contribution is 2.23. The Labute approximate surface area is 148 Å². The predicted octanol–water partition coefficient (Wildman–Crippen LogP) is 3.04. The van der Waals surface area contributed by atoms with Gasteiger partial charge in [-0.05, 0) is 31.4 Å². The van der Waals surface area contributed by atoms with Gasteiger partial charge in [-0.15, -0.1) is 0 Å². The Morgan fingerprint density at radius 3 is 2.84 bits per heavy atom. The Morgan fingerprint density at radius 1 is 1.36 bits per heavy atom. The number of carboxylic acid groups (broad SMARTS) is 1. The molecule has 3 rings (SSSR count). The van der Waals surface area contributed by atoms with Crippen molar-refractivity contribution in [2.45, 2.75) is 19.3 Å². The Morgan fingerprint density at radius 2 is 2.16 bits per heavy atom. The quantitative estimate of drug-likeness (QED) is 0.879. The molecule has 1 N–H and O–H groups in total. The van der Waals surface area contributed by atoms with Gasteiger partial charge < -0.3 is 14.6 Å². The van der Waals surface area contributed by atoms with Crippen LogP contribution in [0.15, 0.2) is 48.8 Å². The highest BCUT2D eigenvalue weighted by molar-refractivity contribution is 5.76. The number of imidazole rings is 1. The van der Waals surface area contributed by atoms with Crippen LogP contribution in [0.5, 0.6) is 0 Å². The second kappa shape index (κ2) is 8.12. The van der Waals surface area contributed by atoms with Crippen LogP contribution in [0.1, 0.15) is 30.7 Å². The van der Waals surface area contributed by atoms with Gasteiger partial charge in [0, 0.05) is 38.1 Å². The van der Waals surface area contributed by atoms with Gasteiger partial charge in [-0.2, -0.15) is 0 Å². The summed E-state index contributed by atoms with van der Waals surface area (Å²) in [6, 6.07) is 10.3. The number of piperidine rings is 1. The molecular formula is C20H25N3O2. The van der Waals surface area contributed by atoms with Gasteiger partial charge in [0.05, 0.1) is 5.92 Å². The summed E-state index contributed by atoms with van der Waals surface area (Å²) in [5, 5.41) is 9.22. The number of nitrogens with zero attached hydrogens (tertiary/aromatic N) is 3. The lowest BCUT2D eigenvalue weighted by atomic mass is 9.98. The molecule has 0 radical (unpaired) electrons. The molecule has 1 fully saturated rings. The maximum atomic E-state index is 11.2. The first-order valence-electron chi connectivity index (χ1n) is 8.83. The van der Waals surface area contributed by atoms with E-state index in [0.717, 1.165) is 49.3 Å². The van der Waals surface area contributed by atoms with Gasteiger partial charge in [-0.3, -0.25) is 4.79 Å². The second-order valence-corrected chi connectivity index (χ2v) is 6.61. The lowest BCUT2D eigenvalue weighted by molar-refractivity contribution is -0.143. The van der Waals surface area contributed by atoms with Crippen molar-refractivity contribution >= 4 is 11.5 Å². The number of likely N-dealkylation sites (tertiary alicyclic amines) is 1. The third-order valence-corrected chi connectivity index (χ3v) is 4.80. The smallest absolute Gasteiger partial charge is 0.307 e. The Kier molecular flexibility index (Phi) is 5.66. The fourth-order valence-electron chi connectivity index (χ4n) is 3.43. The van der Waals surface area contributed by atoms with Crippen molar-refractivity contribution in [3.63, 3.8) is 0 Å². The Balaban J connectivity index is 1.72. The van der Waals surface area contributed by atoms with E-state index >= 15 is 0 Å². The second-order valence-electron chi connectivity index (χ2n) is 6.61. The van der Waals surface area contributed by atoms with Crippen LogP contribution in [0, 0.1) is 5.92 Å². The van der Waals surface area contributed by atoms with Gasteiger partial charge in [-0.25, -0.2) is 4.98 Å². The normalized spacial score (nSPS) is 19.1. The van der Waals surface area contributed by atoms with Crippen LogP contribution in [0.3, 0.4) is 0 Å². The van der Waals surface area contributed by atoms with Crippen LogP contribution in [0.25, 0.3) is 5.57 Å². The summed E-state index contributed by atoms with van der Waals surface area (Å²) >= 11 is 0. The summed E-state index contributed by atoms with van der Waals surface area (Å²) in [4.78, 5) is 18.0. The minimum Gasteiger partial charge on any atom is -0.481 e. The number of rotatable bonds is 6. The van der Waals surface area contributed by atoms with E-state index in [1.165, 1.54) is 0 Å². The van der Waals surface area contributed by atoms with Crippen molar-refractivity contribution in [1.82, 2.24) is 14.5 Å². The largest absolute Gasteiger partial charge is 0.481 e. The molecule has 1 aromatic heterocycles. The van der Waals surface area contributed by atoms with E-state index in [0.29, 0.717) is 6.54 Å². The van der Waals surface area contributed by atoms with Crippen LogP contribution in [-0.4, -0.2) is 45.2 Å². The van der Waals surface area contributed by atoms with Gasteiger partial charge in [0.15, 0.2) is 0 Å². The monoisotopic (exact) mass is 339 g/mol. The van der Waals surface area contributed by atoms with Crippen LogP contribution >= 0.6 is 0 Å². The van der Waals surface area contributed by atoms with Crippen LogP contribution in [0.4, 0.5) is 0 Å². The molecule has 5 nitrogen and oxygen atoms in total. The van der Waals surface area contributed by atoms with Crippen molar-refractivity contribution in [3.05, 3.63) is 60.2 Å². The number of benzene rings is 1. The standard InChI is InChI=1S/C20H25N3O2/c1-22-14-11-21-19(22)18(16-7-3-2-4-8-16)10-6-13-23-12-5-9-17(15-23)20(24)25/h2-4,7-8,10-11,14,17H,5-6,9,12-13,15H2,1H3,(H,24,25)/b18-10+. The lowest BCUT2D eigenvalue weighted by Crippen LogP contribution is -2.39. The zero-order chi connectivity index (χ0) is 17.6. The van der Waals surface area contributed by atoms with E-state index in [1.807, 2.05) is 42.2 Å². The molecule has 0 spiro atoms. The maximum Gasteiger partial charge on any atom is 0.307 e. The van der Waals surface area contributed by atoms with Gasteiger partial charge in [0.1, 0.15) is 5.82 Å². The molecule has 1 aliphatic heterocycles. The van der Waals surface area contributed by atoms with Crippen molar-refractivity contribution in [3.8, 4) is 0 Å². The molecule has 5 heteroatoms. The molecule has 25 heavy (non-hydrogen) atoms. The number of hydrogen-bond acceptors (Lipinski definition) is 3. The van der Waals surface area contributed by atoms with Crippen molar-refractivity contribution in [2.24, 2.45) is 13.0 Å². The zero-order valence-electron chi connectivity index (χ0n) is 14.6. The number of hydrogen-bond donors (Lipinski definition) is 1. The Hall–Kier alpha value is -2.40. The van der Waals surface area contributed by atoms with Crippen molar-refractivity contribution in [2.75, 3.05) is 19.6 Å². The highest BCUT2D eigenvalue weighted by atomic mass is 16.4. The van der Waals surface area contributed by atoms with Crippen LogP contribution in [-0.2, 0) is 11.8 Å². The molecule has 1 aromatic carbocycles. The number of aromatic nitrogens is 2. The van der Waals surface area contributed by atoms with Gasteiger partial charge >= 0.3 is 5.97 Å². The molecule has 1 unspecified atom stereocenters. The van der Waals surface area contributed by atoms with Gasteiger partial charge in [0.25, 0.3) is 0 Å². The average molecular weight is 339 g/mol. The molecular weight excluding hydrogens is 314 g/mol. The third kappa shape index (κ3) is 4.37. The first-order valence-corrected chi connectivity index (χ1v) is 8.83. The molecule has 2 heterocycles. The fourth-order valence-corrected chi connectivity index (χ4v) is 3.43. The topological polar surface area (TPSA) is 58.4 Å². The number of carboxylic acids is 1. The van der Waals surface area contributed by atoms with E-state index in [2.05, 4.69) is 28.1 Å². The van der Waals surface area contributed by atoms with Gasteiger partial charge in [-0.1, -0.05) is 36.4 Å². The molecule has 2 aromatic rings. The minimum atomic E-state index is -0.668. The van der Waals surface area contributed by atoms with E-state index in [4.69, 9.17) is 0 Å². The maximum absolute atomic E-state index is 11.2. The Bertz CT molecular complexity index is 736. The summed E-state index contributed by atoms with van der Waals surface area (Å²) in [7, 11) is 2.00. The van der Waals surface area contributed by atoms with E-state index < -0.39 is 5.97 Å². The highest BCUT2D eigenvalue weighted by Gasteiger charge is 2.24. The summed E-state index contributed by atoms with van der Waals surface area (Å²) in [6.45, 7) is 2.53. The molecule has 0 aliphatic carbocycles. The molecule has 1 atom stereocenters. The minimum absolute atomic E-state index is 0.221. The van der Waals surface area contributed by atoms with Crippen LogP contribution in [0.2, 0.25) is 0 Å². The lowest BCUT2D eigenvalue weighted by Gasteiger charge is -2.30. The number of aliphatic carboxylic acids is 1. The summed E-state index contributed by atoms with van der Waals surface area (Å²) in [5.41, 5.74) is 2.28. The SMILES string of the molecule is Cn1ccnc1/C(=C/CCN1CCCC(C(=O)O)C1)c1ccccc1. The summed E-state index contributed by atoms with van der Waals surface area (Å²) < 4.78 is 2.03. The summed E-state index contributed by atoms with van der Waals surface area (Å²) in [6.07, 6.45) is 8.63. The first-order chi connectivity index (χ1) is 12.1. The van der Waals surface area contributed by atoms with E-state index in [9.17, 15) is 9.90 Å². The predicted molar refractivity (Wildman–Crippen MR) is 98.1 cm³/mol. The molecule has 132 valence electrons. The molecule has 0 bridgehead atoms. The average Bonchev–Trinajstić information content (AvgIpc) is 3.05. The summed E-state index contributed by atoms with van der Waals surface area (Å²) in [5.74, 6) is 0.0624. The fraction of sp³-hybridized carbons (Fsp3) is 0.400. The number of carbonyl (C=O) groups is 1. The molecule has 1 aliphatic rings.